The van der Waals surface area contributed by atoms with Gasteiger partial charge < -0.3 is 10.0 Å². The molecular formula is C16H27N3O2. The Morgan fingerprint density at radius 3 is 2.86 bits per heavy atom. The van der Waals surface area contributed by atoms with Crippen molar-refractivity contribution in [1.82, 2.24) is 14.7 Å². The number of aromatic nitrogens is 2. The van der Waals surface area contributed by atoms with Crippen LogP contribution >= 0.6 is 0 Å². The topological polar surface area (TPSA) is 58.4 Å². The second-order valence-electron chi connectivity index (χ2n) is 6.63. The molecule has 0 radical (unpaired) electrons. The van der Waals surface area contributed by atoms with E-state index < -0.39 is 6.10 Å². The summed E-state index contributed by atoms with van der Waals surface area (Å²) in [4.78, 5) is 14.3. The first-order chi connectivity index (χ1) is 9.90. The molecule has 1 aromatic heterocycles. The number of piperidine rings is 1. The minimum absolute atomic E-state index is 0.00533. The molecule has 21 heavy (non-hydrogen) atoms. The summed E-state index contributed by atoms with van der Waals surface area (Å²) in [7, 11) is 0. The Morgan fingerprint density at radius 1 is 1.52 bits per heavy atom. The number of likely N-dealkylation sites (tertiary alicyclic amines) is 1. The molecule has 1 aromatic rings. The van der Waals surface area contributed by atoms with Gasteiger partial charge in [0.25, 0.3) is 5.91 Å². The van der Waals surface area contributed by atoms with E-state index in [9.17, 15) is 9.90 Å². The van der Waals surface area contributed by atoms with Crippen molar-refractivity contribution in [2.75, 3.05) is 13.1 Å². The molecule has 0 bridgehead atoms. The molecule has 1 saturated heterocycles. The van der Waals surface area contributed by atoms with Crippen LogP contribution in [0.25, 0.3) is 0 Å². The van der Waals surface area contributed by atoms with Gasteiger partial charge in [-0.05, 0) is 31.6 Å². The van der Waals surface area contributed by atoms with Crippen molar-refractivity contribution in [2.24, 2.45) is 11.8 Å². The third-order valence-electron chi connectivity index (χ3n) is 4.46. The molecule has 0 aliphatic carbocycles. The molecular weight excluding hydrogens is 266 g/mol. The summed E-state index contributed by atoms with van der Waals surface area (Å²) < 4.78 is 1.91. The number of aryl methyl sites for hydroxylation is 1. The van der Waals surface area contributed by atoms with Gasteiger partial charge in [-0.2, -0.15) is 5.10 Å². The molecule has 1 amide bonds. The maximum atomic E-state index is 12.6. The minimum Gasteiger partial charge on any atom is -0.391 e. The van der Waals surface area contributed by atoms with Crippen LogP contribution in [0.3, 0.4) is 0 Å². The van der Waals surface area contributed by atoms with E-state index in [1.165, 1.54) is 0 Å². The number of carbonyl (C=O) groups is 1. The SMILES string of the molecule is Cc1c(C(=O)N2CCC(C)C(O)C2)cnn1CCC(C)C. The Kier molecular flexibility index (Phi) is 5.04. The molecule has 0 aromatic carbocycles. The van der Waals surface area contributed by atoms with Crippen molar-refractivity contribution in [1.29, 1.82) is 0 Å². The molecule has 2 rings (SSSR count). The highest BCUT2D eigenvalue weighted by Crippen LogP contribution is 2.20. The molecule has 118 valence electrons. The fourth-order valence-electron chi connectivity index (χ4n) is 2.67. The minimum atomic E-state index is -0.418. The van der Waals surface area contributed by atoms with Gasteiger partial charge in [-0.15, -0.1) is 0 Å². The van der Waals surface area contributed by atoms with Crippen LogP contribution in [0.1, 0.15) is 49.7 Å². The van der Waals surface area contributed by atoms with Crippen LogP contribution in [0.15, 0.2) is 6.20 Å². The Bertz CT molecular complexity index is 496. The third-order valence-corrected chi connectivity index (χ3v) is 4.46. The van der Waals surface area contributed by atoms with Crippen LogP contribution < -0.4 is 0 Å². The van der Waals surface area contributed by atoms with Crippen molar-refractivity contribution >= 4 is 5.91 Å². The smallest absolute Gasteiger partial charge is 0.257 e. The summed E-state index contributed by atoms with van der Waals surface area (Å²) in [6.07, 6.45) is 3.16. The lowest BCUT2D eigenvalue weighted by atomic mass is 9.95. The van der Waals surface area contributed by atoms with Crippen LogP contribution in [-0.2, 0) is 6.54 Å². The molecule has 5 nitrogen and oxygen atoms in total. The summed E-state index contributed by atoms with van der Waals surface area (Å²) in [6.45, 7) is 10.3. The highest BCUT2D eigenvalue weighted by atomic mass is 16.3. The van der Waals surface area contributed by atoms with Crippen LogP contribution in [-0.4, -0.2) is 44.9 Å². The zero-order chi connectivity index (χ0) is 15.6. The molecule has 1 aliphatic rings. The molecule has 1 fully saturated rings. The second kappa shape index (κ2) is 6.60. The van der Waals surface area contributed by atoms with E-state index in [2.05, 4.69) is 18.9 Å². The average molecular weight is 293 g/mol. The van der Waals surface area contributed by atoms with E-state index in [0.717, 1.165) is 25.1 Å². The molecule has 2 heterocycles. The summed E-state index contributed by atoms with van der Waals surface area (Å²) in [5, 5.41) is 14.3. The van der Waals surface area contributed by atoms with Gasteiger partial charge in [0.05, 0.1) is 17.9 Å². The maximum absolute atomic E-state index is 12.6. The number of rotatable bonds is 4. The zero-order valence-electron chi connectivity index (χ0n) is 13.5. The van der Waals surface area contributed by atoms with Gasteiger partial charge in [0.15, 0.2) is 0 Å². The number of aliphatic hydroxyl groups excluding tert-OH is 1. The van der Waals surface area contributed by atoms with Crippen LogP contribution in [0.2, 0.25) is 0 Å². The van der Waals surface area contributed by atoms with Gasteiger partial charge in [0.1, 0.15) is 0 Å². The molecule has 1 aliphatic heterocycles. The van der Waals surface area contributed by atoms with E-state index in [0.29, 0.717) is 24.6 Å². The number of aliphatic hydroxyl groups is 1. The van der Waals surface area contributed by atoms with Crippen LogP contribution in [0, 0.1) is 18.8 Å². The van der Waals surface area contributed by atoms with E-state index >= 15 is 0 Å². The van der Waals surface area contributed by atoms with Crippen LogP contribution in [0.5, 0.6) is 0 Å². The van der Waals surface area contributed by atoms with Crippen molar-refractivity contribution in [3.05, 3.63) is 17.5 Å². The summed E-state index contributed by atoms with van der Waals surface area (Å²) in [5.41, 5.74) is 1.59. The largest absolute Gasteiger partial charge is 0.391 e. The molecule has 1 N–H and O–H groups in total. The fraction of sp³-hybridized carbons (Fsp3) is 0.750. The molecule has 0 saturated carbocycles. The number of hydrogen-bond donors (Lipinski definition) is 1. The average Bonchev–Trinajstić information content (AvgIpc) is 2.80. The van der Waals surface area contributed by atoms with Crippen LogP contribution in [0.4, 0.5) is 0 Å². The molecule has 0 spiro atoms. The zero-order valence-corrected chi connectivity index (χ0v) is 13.5. The molecule has 5 heteroatoms. The highest BCUT2D eigenvalue weighted by Gasteiger charge is 2.29. The quantitative estimate of drug-likeness (QED) is 0.924. The first-order valence-corrected chi connectivity index (χ1v) is 7.90. The number of amides is 1. The Balaban J connectivity index is 2.06. The first-order valence-electron chi connectivity index (χ1n) is 7.90. The number of carbonyl (C=O) groups excluding carboxylic acids is 1. The van der Waals surface area contributed by atoms with E-state index in [1.54, 1.807) is 11.1 Å². The van der Waals surface area contributed by atoms with Crippen molar-refractivity contribution in [3.63, 3.8) is 0 Å². The van der Waals surface area contributed by atoms with Crippen molar-refractivity contribution in [2.45, 2.75) is 53.2 Å². The normalized spacial score (nSPS) is 22.9. The van der Waals surface area contributed by atoms with Gasteiger partial charge in [-0.3, -0.25) is 9.48 Å². The highest BCUT2D eigenvalue weighted by molar-refractivity contribution is 5.95. The van der Waals surface area contributed by atoms with E-state index in [4.69, 9.17) is 0 Å². The summed E-state index contributed by atoms with van der Waals surface area (Å²) >= 11 is 0. The third kappa shape index (κ3) is 3.64. The van der Waals surface area contributed by atoms with Gasteiger partial charge in [-0.25, -0.2) is 0 Å². The van der Waals surface area contributed by atoms with Gasteiger partial charge in [0.2, 0.25) is 0 Å². The standard InChI is InChI=1S/C16H27N3O2/c1-11(2)5-8-19-13(4)14(9-17-19)16(21)18-7-6-12(3)15(20)10-18/h9,11-12,15,20H,5-8,10H2,1-4H3. The fourth-order valence-corrected chi connectivity index (χ4v) is 2.67. The first kappa shape index (κ1) is 16.0. The van der Waals surface area contributed by atoms with E-state index in [-0.39, 0.29) is 11.8 Å². The van der Waals surface area contributed by atoms with Crippen molar-refractivity contribution < 1.29 is 9.90 Å². The Labute approximate surface area is 126 Å². The summed E-state index contributed by atoms with van der Waals surface area (Å²) in [5.74, 6) is 0.879. The lowest BCUT2D eigenvalue weighted by Crippen LogP contribution is -2.45. The Morgan fingerprint density at radius 2 is 2.24 bits per heavy atom. The van der Waals surface area contributed by atoms with Crippen molar-refractivity contribution in [3.8, 4) is 0 Å². The second-order valence-corrected chi connectivity index (χ2v) is 6.63. The van der Waals surface area contributed by atoms with Gasteiger partial charge in [-0.1, -0.05) is 20.8 Å². The number of β-amino-alcohol motifs (C(OH)–C–C–N with tert-alkyl or cyclic N) is 1. The monoisotopic (exact) mass is 293 g/mol. The summed E-state index contributed by atoms with van der Waals surface area (Å²) in [6, 6.07) is 0. The van der Waals surface area contributed by atoms with Gasteiger partial charge >= 0.3 is 0 Å². The Hall–Kier alpha value is -1.36. The number of hydrogen-bond acceptors (Lipinski definition) is 3. The lowest BCUT2D eigenvalue weighted by Gasteiger charge is -2.34. The molecule has 2 atom stereocenters. The predicted octanol–water partition coefficient (Wildman–Crippen LogP) is 2.08. The van der Waals surface area contributed by atoms with Gasteiger partial charge in [0, 0.05) is 25.3 Å². The predicted molar refractivity (Wildman–Crippen MR) is 82.1 cm³/mol. The maximum Gasteiger partial charge on any atom is 0.257 e. The molecule has 2 unspecified atom stereocenters. The lowest BCUT2D eigenvalue weighted by molar-refractivity contribution is 0.0248. The number of nitrogens with zero attached hydrogens (tertiary/aromatic N) is 3. The van der Waals surface area contributed by atoms with E-state index in [1.807, 2.05) is 18.5 Å².